The Morgan fingerprint density at radius 1 is 1.11 bits per heavy atom. The van der Waals surface area contributed by atoms with E-state index in [-0.39, 0.29) is 11.8 Å². The molecule has 0 radical (unpaired) electrons. The monoisotopic (exact) mass is 243 g/mol. The van der Waals surface area contributed by atoms with Crippen molar-refractivity contribution >= 4 is 11.8 Å². The summed E-state index contributed by atoms with van der Waals surface area (Å²) in [5, 5.41) is 0. The van der Waals surface area contributed by atoms with E-state index >= 15 is 0 Å². The number of hydrogen-bond donors (Lipinski definition) is 0. The summed E-state index contributed by atoms with van der Waals surface area (Å²) in [5.74, 6) is -0.295. The molecule has 18 heavy (non-hydrogen) atoms. The normalized spacial score (nSPS) is 15.2. The molecule has 1 heterocycles. The van der Waals surface area contributed by atoms with Crippen LogP contribution in [0.15, 0.2) is 42.0 Å². The van der Waals surface area contributed by atoms with Gasteiger partial charge in [0, 0.05) is 24.6 Å². The van der Waals surface area contributed by atoms with Gasteiger partial charge < -0.3 is 0 Å². The van der Waals surface area contributed by atoms with Gasteiger partial charge in [0.1, 0.15) is 0 Å². The molecule has 0 spiro atoms. The highest BCUT2D eigenvalue weighted by atomic mass is 16.2. The lowest BCUT2D eigenvalue weighted by Gasteiger charge is -2.13. The SMILES string of the molecule is CCCCN1C(=O)C=C(Cc2ccccc2)C1=O. The van der Waals surface area contributed by atoms with E-state index < -0.39 is 0 Å². The lowest BCUT2D eigenvalue weighted by atomic mass is 10.1. The van der Waals surface area contributed by atoms with Gasteiger partial charge >= 0.3 is 0 Å². The number of unbranched alkanes of at least 4 members (excludes halogenated alkanes) is 1. The molecule has 0 N–H and O–H groups in total. The van der Waals surface area contributed by atoms with E-state index in [0.29, 0.717) is 18.5 Å². The second kappa shape index (κ2) is 5.63. The minimum atomic E-state index is -0.167. The molecule has 1 aliphatic heterocycles. The number of imide groups is 1. The third kappa shape index (κ3) is 2.67. The van der Waals surface area contributed by atoms with Crippen LogP contribution in [0.4, 0.5) is 0 Å². The number of carbonyl (C=O) groups is 2. The molecule has 0 aliphatic carbocycles. The highest BCUT2D eigenvalue weighted by Crippen LogP contribution is 2.18. The maximum atomic E-state index is 12.1. The van der Waals surface area contributed by atoms with E-state index in [9.17, 15) is 9.59 Å². The van der Waals surface area contributed by atoms with Crippen molar-refractivity contribution in [1.82, 2.24) is 4.90 Å². The first-order valence-electron chi connectivity index (χ1n) is 6.32. The molecule has 2 amide bonds. The van der Waals surface area contributed by atoms with Crippen LogP contribution in [0.5, 0.6) is 0 Å². The van der Waals surface area contributed by atoms with Crippen molar-refractivity contribution in [3.63, 3.8) is 0 Å². The highest BCUT2D eigenvalue weighted by molar-refractivity contribution is 6.16. The molecule has 2 rings (SSSR count). The van der Waals surface area contributed by atoms with Gasteiger partial charge in [0.2, 0.25) is 0 Å². The minimum absolute atomic E-state index is 0.127. The fraction of sp³-hybridized carbons (Fsp3) is 0.333. The predicted octanol–water partition coefficient (Wildman–Crippen LogP) is 2.32. The predicted molar refractivity (Wildman–Crippen MR) is 69.9 cm³/mol. The summed E-state index contributed by atoms with van der Waals surface area (Å²) in [7, 11) is 0. The zero-order valence-corrected chi connectivity index (χ0v) is 10.6. The highest BCUT2D eigenvalue weighted by Gasteiger charge is 2.29. The summed E-state index contributed by atoms with van der Waals surface area (Å²) in [5.41, 5.74) is 1.66. The fourth-order valence-corrected chi connectivity index (χ4v) is 2.03. The zero-order chi connectivity index (χ0) is 13.0. The summed E-state index contributed by atoms with van der Waals surface area (Å²) in [4.78, 5) is 25.1. The summed E-state index contributed by atoms with van der Waals surface area (Å²) in [6.45, 7) is 2.58. The smallest absolute Gasteiger partial charge is 0.257 e. The number of rotatable bonds is 5. The Hall–Kier alpha value is -1.90. The summed E-state index contributed by atoms with van der Waals surface area (Å²) in [6.07, 6.45) is 3.86. The first-order valence-corrected chi connectivity index (χ1v) is 6.32. The number of amides is 2. The Kier molecular flexibility index (Phi) is 3.92. The second-order valence-corrected chi connectivity index (χ2v) is 4.48. The summed E-state index contributed by atoms with van der Waals surface area (Å²) >= 11 is 0. The van der Waals surface area contributed by atoms with Crippen LogP contribution < -0.4 is 0 Å². The molecule has 0 saturated heterocycles. The van der Waals surface area contributed by atoms with Gasteiger partial charge in [0.05, 0.1) is 0 Å². The molecule has 0 fully saturated rings. The molecule has 0 saturated carbocycles. The van der Waals surface area contributed by atoms with Crippen LogP contribution in [-0.2, 0) is 16.0 Å². The van der Waals surface area contributed by atoms with Crippen molar-refractivity contribution in [2.45, 2.75) is 26.2 Å². The molecule has 0 bridgehead atoms. The van der Waals surface area contributed by atoms with E-state index in [1.54, 1.807) is 0 Å². The van der Waals surface area contributed by atoms with Crippen LogP contribution in [0.2, 0.25) is 0 Å². The molecule has 1 aromatic rings. The Balaban J connectivity index is 2.05. The van der Waals surface area contributed by atoms with Crippen molar-refractivity contribution in [3.05, 3.63) is 47.5 Å². The fourth-order valence-electron chi connectivity index (χ4n) is 2.03. The lowest BCUT2D eigenvalue weighted by molar-refractivity contribution is -0.137. The molecule has 1 aliphatic rings. The van der Waals surface area contributed by atoms with Gasteiger partial charge in [0.15, 0.2) is 0 Å². The van der Waals surface area contributed by atoms with E-state index in [1.807, 2.05) is 37.3 Å². The van der Waals surface area contributed by atoms with Gasteiger partial charge in [-0.15, -0.1) is 0 Å². The van der Waals surface area contributed by atoms with Crippen LogP contribution in [-0.4, -0.2) is 23.3 Å². The van der Waals surface area contributed by atoms with E-state index in [4.69, 9.17) is 0 Å². The quantitative estimate of drug-likeness (QED) is 0.744. The first kappa shape index (κ1) is 12.6. The largest absolute Gasteiger partial charge is 0.275 e. The molecule has 94 valence electrons. The van der Waals surface area contributed by atoms with Gasteiger partial charge in [-0.25, -0.2) is 0 Å². The standard InChI is InChI=1S/C15H17NO2/c1-2-3-9-16-14(17)11-13(15(16)18)10-12-7-5-4-6-8-12/h4-8,11H,2-3,9-10H2,1H3. The Morgan fingerprint density at radius 3 is 2.50 bits per heavy atom. The lowest BCUT2D eigenvalue weighted by Crippen LogP contribution is -2.32. The molecular weight excluding hydrogens is 226 g/mol. The molecular formula is C15H17NO2. The van der Waals surface area contributed by atoms with Gasteiger partial charge in [0.25, 0.3) is 11.8 Å². The van der Waals surface area contributed by atoms with Gasteiger partial charge in [-0.05, 0) is 12.0 Å². The van der Waals surface area contributed by atoms with Crippen molar-refractivity contribution in [3.8, 4) is 0 Å². The Bertz CT molecular complexity index is 477. The number of benzene rings is 1. The third-order valence-electron chi connectivity index (χ3n) is 3.06. The summed E-state index contributed by atoms with van der Waals surface area (Å²) in [6, 6.07) is 9.74. The van der Waals surface area contributed by atoms with Crippen molar-refractivity contribution in [2.75, 3.05) is 6.54 Å². The second-order valence-electron chi connectivity index (χ2n) is 4.48. The Morgan fingerprint density at radius 2 is 1.83 bits per heavy atom. The van der Waals surface area contributed by atoms with E-state index in [1.165, 1.54) is 11.0 Å². The number of hydrogen-bond acceptors (Lipinski definition) is 2. The molecule has 0 aromatic heterocycles. The summed E-state index contributed by atoms with van der Waals surface area (Å²) < 4.78 is 0. The molecule has 1 aromatic carbocycles. The zero-order valence-electron chi connectivity index (χ0n) is 10.6. The molecule has 3 heteroatoms. The molecule has 0 unspecified atom stereocenters. The van der Waals surface area contributed by atoms with Crippen LogP contribution in [0, 0.1) is 0 Å². The first-order chi connectivity index (χ1) is 8.72. The average Bonchev–Trinajstić information content (AvgIpc) is 2.64. The van der Waals surface area contributed by atoms with E-state index in [0.717, 1.165) is 18.4 Å². The van der Waals surface area contributed by atoms with Crippen LogP contribution >= 0.6 is 0 Å². The maximum Gasteiger partial charge on any atom is 0.257 e. The maximum absolute atomic E-state index is 12.1. The van der Waals surface area contributed by atoms with Gasteiger partial charge in [-0.2, -0.15) is 0 Å². The van der Waals surface area contributed by atoms with Gasteiger partial charge in [-0.3, -0.25) is 14.5 Å². The topological polar surface area (TPSA) is 37.4 Å². The average molecular weight is 243 g/mol. The van der Waals surface area contributed by atoms with Crippen molar-refractivity contribution < 1.29 is 9.59 Å². The van der Waals surface area contributed by atoms with Crippen molar-refractivity contribution in [1.29, 1.82) is 0 Å². The Labute approximate surface area is 107 Å². The number of carbonyl (C=O) groups excluding carboxylic acids is 2. The van der Waals surface area contributed by atoms with E-state index in [2.05, 4.69) is 0 Å². The third-order valence-corrected chi connectivity index (χ3v) is 3.06. The van der Waals surface area contributed by atoms with Gasteiger partial charge in [-0.1, -0.05) is 43.7 Å². The van der Waals surface area contributed by atoms with Crippen LogP contribution in [0.25, 0.3) is 0 Å². The molecule has 0 atom stereocenters. The molecule has 3 nitrogen and oxygen atoms in total. The number of nitrogens with zero attached hydrogens (tertiary/aromatic N) is 1. The van der Waals surface area contributed by atoms with Crippen LogP contribution in [0.1, 0.15) is 25.3 Å². The minimum Gasteiger partial charge on any atom is -0.275 e. The van der Waals surface area contributed by atoms with Crippen molar-refractivity contribution in [2.24, 2.45) is 0 Å². The van der Waals surface area contributed by atoms with Crippen LogP contribution in [0.3, 0.4) is 0 Å².